The van der Waals surface area contributed by atoms with E-state index in [2.05, 4.69) is 10.3 Å². The van der Waals surface area contributed by atoms with E-state index in [9.17, 15) is 18.0 Å². The van der Waals surface area contributed by atoms with Crippen molar-refractivity contribution in [3.63, 3.8) is 0 Å². The third-order valence-corrected chi connectivity index (χ3v) is 7.78. The smallest absolute Gasteiger partial charge is 0.264 e. The molecule has 3 aromatic rings. The number of carbonyl (C=O) groups excluding carboxylic acids is 2. The van der Waals surface area contributed by atoms with Gasteiger partial charge in [-0.1, -0.05) is 24.3 Å². The summed E-state index contributed by atoms with van der Waals surface area (Å²) in [6.45, 7) is 0.649. The predicted octanol–water partition coefficient (Wildman–Crippen LogP) is 3.28. The number of carbonyl (C=O) groups is 2. The second-order valence-electron chi connectivity index (χ2n) is 7.33. The highest BCUT2D eigenvalue weighted by atomic mass is 32.2. The van der Waals surface area contributed by atoms with Crippen LogP contribution in [0.2, 0.25) is 0 Å². The van der Waals surface area contributed by atoms with Crippen LogP contribution in [0.4, 0.5) is 16.5 Å². The maximum absolute atomic E-state index is 13.0. The number of para-hydroxylation sites is 1. The van der Waals surface area contributed by atoms with Crippen LogP contribution < -0.4 is 14.5 Å². The number of amides is 2. The molecule has 1 saturated heterocycles. The fourth-order valence-corrected chi connectivity index (χ4v) is 5.50. The summed E-state index contributed by atoms with van der Waals surface area (Å²) in [5, 5.41) is 5.10. The molecule has 32 heavy (non-hydrogen) atoms. The van der Waals surface area contributed by atoms with E-state index in [0.717, 1.165) is 6.42 Å². The Balaban J connectivity index is 1.44. The standard InChI is InChI=1S/C22H22N4O4S2/c1-25(18-8-3-2-4-9-18)32(29,30)19-10-5-7-16(13-19)23-20(27)14-17-15-31-22(24-17)26-12-6-11-21(26)28/h2-5,7-10,13,15H,6,11-12,14H2,1H3,(H,23,27). The first kappa shape index (κ1) is 22.0. The van der Waals surface area contributed by atoms with Crippen molar-refractivity contribution >= 4 is 49.7 Å². The molecule has 2 aromatic carbocycles. The van der Waals surface area contributed by atoms with Crippen molar-refractivity contribution in [3.05, 3.63) is 65.7 Å². The number of rotatable bonds is 7. The summed E-state index contributed by atoms with van der Waals surface area (Å²) in [6.07, 6.45) is 1.36. The number of thiazole rings is 1. The highest BCUT2D eigenvalue weighted by Crippen LogP contribution is 2.26. The molecule has 0 bridgehead atoms. The molecule has 0 atom stereocenters. The van der Waals surface area contributed by atoms with Crippen molar-refractivity contribution in [1.29, 1.82) is 0 Å². The molecule has 166 valence electrons. The Morgan fingerprint density at radius 2 is 1.97 bits per heavy atom. The van der Waals surface area contributed by atoms with Gasteiger partial charge in [0.05, 0.1) is 22.7 Å². The molecule has 4 rings (SSSR count). The lowest BCUT2D eigenvalue weighted by Crippen LogP contribution is -2.26. The molecule has 1 aromatic heterocycles. The van der Waals surface area contributed by atoms with Crippen molar-refractivity contribution in [3.8, 4) is 0 Å². The number of benzene rings is 2. The van der Waals surface area contributed by atoms with Gasteiger partial charge in [-0.2, -0.15) is 0 Å². The van der Waals surface area contributed by atoms with E-state index >= 15 is 0 Å². The van der Waals surface area contributed by atoms with Crippen molar-refractivity contribution in [2.24, 2.45) is 0 Å². The summed E-state index contributed by atoms with van der Waals surface area (Å²) < 4.78 is 27.2. The molecule has 0 saturated carbocycles. The van der Waals surface area contributed by atoms with Crippen LogP contribution in [0.3, 0.4) is 0 Å². The predicted molar refractivity (Wildman–Crippen MR) is 125 cm³/mol. The van der Waals surface area contributed by atoms with Crippen molar-refractivity contribution in [1.82, 2.24) is 4.98 Å². The Bertz CT molecular complexity index is 1240. The molecule has 10 heteroatoms. The third kappa shape index (κ3) is 4.66. The van der Waals surface area contributed by atoms with E-state index in [-0.39, 0.29) is 23.1 Å². The molecular formula is C22H22N4O4S2. The number of nitrogens with zero attached hydrogens (tertiary/aromatic N) is 3. The zero-order chi connectivity index (χ0) is 22.7. The fraction of sp³-hybridized carbons (Fsp3) is 0.227. The molecular weight excluding hydrogens is 448 g/mol. The summed E-state index contributed by atoms with van der Waals surface area (Å²) in [7, 11) is -2.30. The first-order valence-corrected chi connectivity index (χ1v) is 12.4. The Hall–Kier alpha value is -3.24. The van der Waals surface area contributed by atoms with Gasteiger partial charge in [-0.05, 0) is 36.8 Å². The Kier molecular flexibility index (Phi) is 6.24. The number of hydrogen-bond donors (Lipinski definition) is 1. The second-order valence-corrected chi connectivity index (χ2v) is 10.1. The molecule has 0 spiro atoms. The minimum atomic E-state index is -3.79. The average molecular weight is 471 g/mol. The van der Waals surface area contributed by atoms with Crippen molar-refractivity contribution < 1.29 is 18.0 Å². The average Bonchev–Trinajstić information content (AvgIpc) is 3.42. The summed E-state index contributed by atoms with van der Waals surface area (Å²) >= 11 is 1.33. The van der Waals surface area contributed by atoms with Crippen LogP contribution >= 0.6 is 11.3 Å². The largest absolute Gasteiger partial charge is 0.326 e. The molecule has 2 heterocycles. The van der Waals surface area contributed by atoms with Crippen LogP contribution in [-0.2, 0) is 26.0 Å². The highest BCUT2D eigenvalue weighted by molar-refractivity contribution is 7.92. The molecule has 2 amide bonds. The second kappa shape index (κ2) is 9.09. The fourth-order valence-electron chi connectivity index (χ4n) is 3.39. The SMILES string of the molecule is CN(c1ccccc1)S(=O)(=O)c1cccc(NC(=O)Cc2csc(N3CCCC3=O)n2)c1. The number of aromatic nitrogens is 1. The van der Waals surface area contributed by atoms with E-state index in [1.807, 2.05) is 6.07 Å². The first-order chi connectivity index (χ1) is 15.3. The van der Waals surface area contributed by atoms with Crippen molar-refractivity contribution in [2.75, 3.05) is 28.1 Å². The van der Waals surface area contributed by atoms with Crippen LogP contribution in [0.15, 0.2) is 64.9 Å². The van der Waals surface area contributed by atoms with Crippen LogP contribution in [0.1, 0.15) is 18.5 Å². The van der Waals surface area contributed by atoms with Gasteiger partial charge in [0.1, 0.15) is 0 Å². The summed E-state index contributed by atoms with van der Waals surface area (Å²) in [4.78, 5) is 30.5. The van der Waals surface area contributed by atoms with E-state index in [4.69, 9.17) is 0 Å². The van der Waals surface area contributed by atoms with Crippen LogP contribution in [-0.4, -0.2) is 38.8 Å². The van der Waals surface area contributed by atoms with Gasteiger partial charge in [-0.15, -0.1) is 11.3 Å². The lowest BCUT2D eigenvalue weighted by molar-refractivity contribution is -0.117. The van der Waals surface area contributed by atoms with Crippen LogP contribution in [0.5, 0.6) is 0 Å². The van der Waals surface area contributed by atoms with Gasteiger partial charge in [-0.3, -0.25) is 18.8 Å². The number of hydrogen-bond acceptors (Lipinski definition) is 6. The van der Waals surface area contributed by atoms with E-state index in [1.165, 1.54) is 34.8 Å². The zero-order valence-electron chi connectivity index (χ0n) is 17.4. The zero-order valence-corrected chi connectivity index (χ0v) is 19.0. The summed E-state index contributed by atoms with van der Waals surface area (Å²) in [6, 6.07) is 14.9. The van der Waals surface area contributed by atoms with E-state index in [1.54, 1.807) is 46.7 Å². The Labute approximate surface area is 190 Å². The summed E-state index contributed by atoms with van der Waals surface area (Å²) in [5.74, 6) is -0.269. The third-order valence-electron chi connectivity index (χ3n) is 5.08. The van der Waals surface area contributed by atoms with Gasteiger partial charge >= 0.3 is 0 Å². The Morgan fingerprint density at radius 1 is 1.19 bits per heavy atom. The first-order valence-electron chi connectivity index (χ1n) is 10.0. The van der Waals surface area contributed by atoms with Crippen LogP contribution in [0.25, 0.3) is 0 Å². The monoisotopic (exact) mass is 470 g/mol. The Morgan fingerprint density at radius 3 is 2.69 bits per heavy atom. The quantitative estimate of drug-likeness (QED) is 0.571. The number of sulfonamides is 1. The number of nitrogens with one attached hydrogen (secondary N) is 1. The van der Waals surface area contributed by atoms with Gasteiger partial charge in [0.25, 0.3) is 10.0 Å². The molecule has 8 nitrogen and oxygen atoms in total. The normalized spacial score (nSPS) is 13.9. The molecule has 1 fully saturated rings. The van der Waals surface area contributed by atoms with Gasteiger partial charge in [0.15, 0.2) is 5.13 Å². The molecule has 0 radical (unpaired) electrons. The number of anilines is 3. The van der Waals surface area contributed by atoms with E-state index in [0.29, 0.717) is 35.2 Å². The van der Waals surface area contributed by atoms with Gasteiger partial charge in [-0.25, -0.2) is 13.4 Å². The molecule has 0 aliphatic carbocycles. The van der Waals surface area contributed by atoms with Gasteiger partial charge in [0.2, 0.25) is 11.8 Å². The maximum Gasteiger partial charge on any atom is 0.264 e. The lowest BCUT2D eigenvalue weighted by Gasteiger charge is -2.19. The van der Waals surface area contributed by atoms with Crippen LogP contribution in [0, 0.1) is 0 Å². The summed E-state index contributed by atoms with van der Waals surface area (Å²) in [5.41, 5.74) is 1.48. The van der Waals surface area contributed by atoms with E-state index < -0.39 is 10.0 Å². The van der Waals surface area contributed by atoms with Crippen molar-refractivity contribution in [2.45, 2.75) is 24.2 Å². The maximum atomic E-state index is 13.0. The molecule has 1 N–H and O–H groups in total. The van der Waals surface area contributed by atoms with Gasteiger partial charge in [0, 0.05) is 31.1 Å². The highest BCUT2D eigenvalue weighted by Gasteiger charge is 2.25. The minimum Gasteiger partial charge on any atom is -0.326 e. The van der Waals surface area contributed by atoms with Gasteiger partial charge < -0.3 is 5.32 Å². The lowest BCUT2D eigenvalue weighted by atomic mass is 10.3. The topological polar surface area (TPSA) is 99.7 Å². The molecule has 0 unspecified atom stereocenters. The minimum absolute atomic E-state index is 0.0272. The molecule has 1 aliphatic rings. The molecule has 1 aliphatic heterocycles.